The zero-order valence-electron chi connectivity index (χ0n) is 13.1. The summed E-state index contributed by atoms with van der Waals surface area (Å²) < 4.78 is 6.66. The minimum Gasteiger partial charge on any atom is -0.483 e. The standard InChI is InChI=1S/C18H20BrNO2/c1-4-14-10-15(19)5-6-17(14)22-11-18(21)20-16-8-12(2)7-13(3)9-16/h5-10H,4,11H2,1-3H3,(H,20,21). The van der Waals surface area contributed by atoms with Crippen LogP contribution in [-0.4, -0.2) is 12.5 Å². The molecule has 0 unspecified atom stereocenters. The molecule has 1 amide bonds. The molecule has 0 radical (unpaired) electrons. The molecule has 0 atom stereocenters. The molecule has 0 aliphatic heterocycles. The Morgan fingerprint density at radius 1 is 1.14 bits per heavy atom. The Balaban J connectivity index is 1.98. The SMILES string of the molecule is CCc1cc(Br)ccc1OCC(=O)Nc1cc(C)cc(C)c1. The highest BCUT2D eigenvalue weighted by molar-refractivity contribution is 9.10. The van der Waals surface area contributed by atoms with Gasteiger partial charge in [-0.1, -0.05) is 28.9 Å². The van der Waals surface area contributed by atoms with Crippen molar-refractivity contribution in [2.75, 3.05) is 11.9 Å². The van der Waals surface area contributed by atoms with Gasteiger partial charge < -0.3 is 10.1 Å². The highest BCUT2D eigenvalue weighted by atomic mass is 79.9. The van der Waals surface area contributed by atoms with E-state index >= 15 is 0 Å². The molecule has 2 aromatic carbocycles. The maximum Gasteiger partial charge on any atom is 0.262 e. The predicted octanol–water partition coefficient (Wildman–Crippen LogP) is 4.65. The van der Waals surface area contributed by atoms with Gasteiger partial charge in [-0.25, -0.2) is 0 Å². The van der Waals surface area contributed by atoms with Crippen LogP contribution in [0.2, 0.25) is 0 Å². The van der Waals surface area contributed by atoms with Crippen LogP contribution in [0.15, 0.2) is 40.9 Å². The van der Waals surface area contributed by atoms with Crippen molar-refractivity contribution in [2.45, 2.75) is 27.2 Å². The van der Waals surface area contributed by atoms with Crippen molar-refractivity contribution in [2.24, 2.45) is 0 Å². The van der Waals surface area contributed by atoms with E-state index in [1.165, 1.54) is 0 Å². The van der Waals surface area contributed by atoms with Gasteiger partial charge in [-0.15, -0.1) is 0 Å². The summed E-state index contributed by atoms with van der Waals surface area (Å²) in [6, 6.07) is 11.8. The number of rotatable bonds is 5. The molecule has 116 valence electrons. The number of hydrogen-bond donors (Lipinski definition) is 1. The molecule has 2 aromatic rings. The Hall–Kier alpha value is -1.81. The average molecular weight is 362 g/mol. The van der Waals surface area contributed by atoms with E-state index in [0.717, 1.165) is 39.0 Å². The van der Waals surface area contributed by atoms with E-state index < -0.39 is 0 Å². The van der Waals surface area contributed by atoms with Crippen molar-refractivity contribution in [1.82, 2.24) is 0 Å². The van der Waals surface area contributed by atoms with E-state index in [-0.39, 0.29) is 12.5 Å². The maximum absolute atomic E-state index is 12.0. The molecule has 2 rings (SSSR count). The second kappa shape index (κ2) is 7.45. The van der Waals surface area contributed by atoms with Crippen LogP contribution in [0.25, 0.3) is 0 Å². The molecule has 0 saturated carbocycles. The molecule has 0 saturated heterocycles. The first-order valence-corrected chi connectivity index (χ1v) is 8.06. The van der Waals surface area contributed by atoms with Crippen LogP contribution in [0.1, 0.15) is 23.6 Å². The molecule has 22 heavy (non-hydrogen) atoms. The van der Waals surface area contributed by atoms with Gasteiger partial charge in [0.2, 0.25) is 0 Å². The van der Waals surface area contributed by atoms with Crippen molar-refractivity contribution in [3.05, 3.63) is 57.6 Å². The van der Waals surface area contributed by atoms with E-state index in [9.17, 15) is 4.79 Å². The molecular weight excluding hydrogens is 342 g/mol. The van der Waals surface area contributed by atoms with Gasteiger partial charge in [-0.05, 0) is 67.3 Å². The highest BCUT2D eigenvalue weighted by Crippen LogP contribution is 2.23. The van der Waals surface area contributed by atoms with Crippen LogP contribution in [0.5, 0.6) is 5.75 Å². The molecule has 0 aromatic heterocycles. The van der Waals surface area contributed by atoms with Gasteiger partial charge in [0.05, 0.1) is 0 Å². The summed E-state index contributed by atoms with van der Waals surface area (Å²) in [5.41, 5.74) is 4.13. The molecule has 0 spiro atoms. The van der Waals surface area contributed by atoms with Gasteiger partial charge in [0.25, 0.3) is 5.91 Å². The Bertz CT molecular complexity index is 663. The van der Waals surface area contributed by atoms with Crippen LogP contribution in [0, 0.1) is 13.8 Å². The van der Waals surface area contributed by atoms with Gasteiger partial charge >= 0.3 is 0 Å². The minimum absolute atomic E-state index is 0.00161. The van der Waals surface area contributed by atoms with Crippen LogP contribution in [-0.2, 0) is 11.2 Å². The summed E-state index contributed by atoms with van der Waals surface area (Å²) in [6.45, 7) is 6.08. The first kappa shape index (κ1) is 16.6. The Kier molecular flexibility index (Phi) is 5.61. The first-order valence-electron chi connectivity index (χ1n) is 7.27. The first-order chi connectivity index (χ1) is 10.5. The van der Waals surface area contributed by atoms with E-state index in [1.807, 2.05) is 44.2 Å². The van der Waals surface area contributed by atoms with Gasteiger partial charge in [0.1, 0.15) is 5.75 Å². The molecule has 1 N–H and O–H groups in total. The average Bonchev–Trinajstić information content (AvgIpc) is 2.44. The summed E-state index contributed by atoms with van der Waals surface area (Å²) in [7, 11) is 0. The Morgan fingerprint density at radius 2 is 1.82 bits per heavy atom. The van der Waals surface area contributed by atoms with Gasteiger partial charge in [-0.3, -0.25) is 4.79 Å². The molecule has 4 heteroatoms. The van der Waals surface area contributed by atoms with E-state index in [2.05, 4.69) is 34.2 Å². The molecule has 0 aliphatic rings. The zero-order chi connectivity index (χ0) is 16.1. The van der Waals surface area contributed by atoms with Gasteiger partial charge in [0, 0.05) is 10.2 Å². The van der Waals surface area contributed by atoms with E-state index in [0.29, 0.717) is 0 Å². The molecule has 0 heterocycles. The zero-order valence-corrected chi connectivity index (χ0v) is 14.7. The van der Waals surface area contributed by atoms with Gasteiger partial charge in [-0.2, -0.15) is 0 Å². The van der Waals surface area contributed by atoms with Crippen molar-refractivity contribution < 1.29 is 9.53 Å². The van der Waals surface area contributed by atoms with Crippen molar-refractivity contribution in [1.29, 1.82) is 0 Å². The van der Waals surface area contributed by atoms with E-state index in [1.54, 1.807) is 0 Å². The highest BCUT2D eigenvalue weighted by Gasteiger charge is 2.07. The minimum atomic E-state index is -0.157. The summed E-state index contributed by atoms with van der Waals surface area (Å²) in [4.78, 5) is 12.0. The summed E-state index contributed by atoms with van der Waals surface area (Å²) in [6.07, 6.45) is 0.855. The fraction of sp³-hybridized carbons (Fsp3) is 0.278. The smallest absolute Gasteiger partial charge is 0.262 e. The lowest BCUT2D eigenvalue weighted by atomic mass is 10.1. The fourth-order valence-corrected chi connectivity index (χ4v) is 2.76. The number of ether oxygens (including phenoxy) is 1. The molecule has 0 fully saturated rings. The molecule has 0 bridgehead atoms. The quantitative estimate of drug-likeness (QED) is 0.841. The number of benzene rings is 2. The molecule has 0 aliphatic carbocycles. The maximum atomic E-state index is 12.0. The van der Waals surface area contributed by atoms with Crippen LogP contribution in [0.4, 0.5) is 5.69 Å². The second-order valence-electron chi connectivity index (χ2n) is 5.32. The Labute approximate surface area is 139 Å². The lowest BCUT2D eigenvalue weighted by Crippen LogP contribution is -2.20. The van der Waals surface area contributed by atoms with Gasteiger partial charge in [0.15, 0.2) is 6.61 Å². The largest absolute Gasteiger partial charge is 0.483 e. The van der Waals surface area contributed by atoms with Crippen LogP contribution < -0.4 is 10.1 Å². The van der Waals surface area contributed by atoms with Crippen LogP contribution >= 0.6 is 15.9 Å². The third kappa shape index (κ3) is 4.60. The van der Waals surface area contributed by atoms with Crippen LogP contribution in [0.3, 0.4) is 0 Å². The topological polar surface area (TPSA) is 38.3 Å². The third-order valence-electron chi connectivity index (χ3n) is 3.27. The van der Waals surface area contributed by atoms with Crippen molar-refractivity contribution in [3.63, 3.8) is 0 Å². The number of halogens is 1. The summed E-state index contributed by atoms with van der Waals surface area (Å²) in [5.74, 6) is 0.594. The second-order valence-corrected chi connectivity index (χ2v) is 6.23. The number of carbonyl (C=O) groups is 1. The number of nitrogens with one attached hydrogen (secondary N) is 1. The lowest BCUT2D eigenvalue weighted by Gasteiger charge is -2.12. The number of hydrogen-bond acceptors (Lipinski definition) is 2. The number of amides is 1. The molecule has 3 nitrogen and oxygen atoms in total. The molecular formula is C18H20BrNO2. The number of carbonyl (C=O) groups excluding carboxylic acids is 1. The summed E-state index contributed by atoms with van der Waals surface area (Å²) in [5, 5.41) is 2.87. The number of anilines is 1. The predicted molar refractivity (Wildman–Crippen MR) is 93.6 cm³/mol. The Morgan fingerprint density at radius 3 is 2.45 bits per heavy atom. The normalized spacial score (nSPS) is 10.4. The third-order valence-corrected chi connectivity index (χ3v) is 3.76. The monoisotopic (exact) mass is 361 g/mol. The lowest BCUT2D eigenvalue weighted by molar-refractivity contribution is -0.118. The fourth-order valence-electron chi connectivity index (χ4n) is 2.35. The van der Waals surface area contributed by atoms with E-state index in [4.69, 9.17) is 4.74 Å². The summed E-state index contributed by atoms with van der Waals surface area (Å²) >= 11 is 3.44. The number of aryl methyl sites for hydroxylation is 3. The van der Waals surface area contributed by atoms with Crippen molar-refractivity contribution in [3.8, 4) is 5.75 Å². The van der Waals surface area contributed by atoms with Crippen molar-refractivity contribution >= 4 is 27.5 Å².